The number of carbonyl (C=O) groups is 2. The number of aromatic hydroxyl groups is 1. The number of phenols is 1. The molecule has 0 aromatic heterocycles. The quantitative estimate of drug-likeness (QED) is 0.228. The molecule has 0 radical (unpaired) electrons. The molecule has 2 aromatic carbocycles. The van der Waals surface area contributed by atoms with Crippen molar-refractivity contribution in [3.63, 3.8) is 0 Å². The first-order chi connectivity index (χ1) is 20.1. The highest BCUT2D eigenvalue weighted by Crippen LogP contribution is 2.51. The molecule has 2 saturated heterocycles. The van der Waals surface area contributed by atoms with Gasteiger partial charge in [-0.3, -0.25) is 9.59 Å². The molecule has 2 aliphatic heterocycles. The van der Waals surface area contributed by atoms with E-state index in [1.165, 1.54) is 18.2 Å². The van der Waals surface area contributed by atoms with Gasteiger partial charge in [0.2, 0.25) is 11.8 Å². The third-order valence-electron chi connectivity index (χ3n) is 8.22. The van der Waals surface area contributed by atoms with E-state index in [2.05, 4.69) is 0 Å². The van der Waals surface area contributed by atoms with Crippen LogP contribution in [-0.4, -0.2) is 41.3 Å². The predicted molar refractivity (Wildman–Crippen MR) is 139 cm³/mol. The fourth-order valence-electron chi connectivity index (χ4n) is 6.27. The lowest BCUT2D eigenvalue weighted by Crippen LogP contribution is -2.35. The third-order valence-corrected chi connectivity index (χ3v) is 8.22. The van der Waals surface area contributed by atoms with Crippen LogP contribution in [0.3, 0.4) is 0 Å². The smallest absolute Gasteiger partial charge is 0.416 e. The van der Waals surface area contributed by atoms with E-state index in [-0.39, 0.29) is 19.1 Å². The molecule has 0 unspecified atom stereocenters. The first-order valence-corrected chi connectivity index (χ1v) is 13.4. The standard InChI is InChI=1S/C30H26F7NO5/c1-14(6-15-3-4-23(40)22(31)7-15)2-5-24-25-16(12-39)8-20-26(21(25)13-43-24)28(42)38(27(20)41)19-10-17(29(32,33)34)9-18(11-19)30(35,36)37/h3-4,6-7,9-11,20-21,24,26,39-40H,2,5,8,12-13H2,1H3/b14-6+/t20-,21+,24-,26-/m1/s1. The molecule has 3 aliphatic rings. The summed E-state index contributed by atoms with van der Waals surface area (Å²) < 4.78 is 101. The Morgan fingerprint density at radius 3 is 2.23 bits per heavy atom. The number of imide groups is 1. The number of carbonyl (C=O) groups excluding carboxylic acids is 2. The van der Waals surface area contributed by atoms with Gasteiger partial charge in [-0.2, -0.15) is 26.3 Å². The second-order valence-electron chi connectivity index (χ2n) is 11.0. The molecule has 5 rings (SSSR count). The summed E-state index contributed by atoms with van der Waals surface area (Å²) in [6.45, 7) is 1.30. The van der Waals surface area contributed by atoms with E-state index in [0.29, 0.717) is 46.6 Å². The minimum Gasteiger partial charge on any atom is -0.505 e. The van der Waals surface area contributed by atoms with Gasteiger partial charge in [0.15, 0.2) is 11.6 Å². The van der Waals surface area contributed by atoms with Crippen LogP contribution in [0.2, 0.25) is 0 Å². The summed E-state index contributed by atoms with van der Waals surface area (Å²) in [5.74, 6) is -5.97. The van der Waals surface area contributed by atoms with Crippen molar-refractivity contribution in [1.29, 1.82) is 0 Å². The van der Waals surface area contributed by atoms with Crippen LogP contribution in [0.5, 0.6) is 5.75 Å². The summed E-state index contributed by atoms with van der Waals surface area (Å²) in [7, 11) is 0. The van der Waals surface area contributed by atoms with Crippen LogP contribution >= 0.6 is 0 Å². The summed E-state index contributed by atoms with van der Waals surface area (Å²) in [6, 6.07) is 4.57. The van der Waals surface area contributed by atoms with Gasteiger partial charge in [0.25, 0.3) is 0 Å². The number of ether oxygens (including phenoxy) is 1. The van der Waals surface area contributed by atoms with Crippen LogP contribution in [0.1, 0.15) is 42.9 Å². The number of allylic oxidation sites excluding steroid dienone is 1. The Bertz CT molecular complexity index is 1500. The van der Waals surface area contributed by atoms with Crippen molar-refractivity contribution >= 4 is 23.6 Å². The molecule has 4 atom stereocenters. The Hall–Kier alpha value is -3.71. The van der Waals surface area contributed by atoms with Crippen LogP contribution in [0.15, 0.2) is 53.1 Å². The van der Waals surface area contributed by atoms with Crippen molar-refractivity contribution in [1.82, 2.24) is 0 Å². The predicted octanol–water partition coefficient (Wildman–Crippen LogP) is 6.27. The average Bonchev–Trinajstić information content (AvgIpc) is 3.46. The molecule has 2 heterocycles. The summed E-state index contributed by atoms with van der Waals surface area (Å²) in [5, 5.41) is 19.5. The highest BCUT2D eigenvalue weighted by molar-refractivity contribution is 6.22. The number of hydrogen-bond acceptors (Lipinski definition) is 5. The Morgan fingerprint density at radius 1 is 1.00 bits per heavy atom. The normalized spacial score (nSPS) is 24.6. The van der Waals surface area contributed by atoms with Gasteiger partial charge in [0, 0.05) is 5.92 Å². The minimum atomic E-state index is -5.16. The molecule has 0 saturated carbocycles. The maximum atomic E-state index is 13.7. The maximum absolute atomic E-state index is 13.7. The van der Waals surface area contributed by atoms with Crippen LogP contribution in [0, 0.1) is 23.6 Å². The number of fused-ring (bicyclic) bond motifs is 3. The second kappa shape index (κ2) is 11.1. The number of alkyl halides is 6. The third kappa shape index (κ3) is 5.79. The number of rotatable bonds is 6. The number of amides is 2. The molecular weight excluding hydrogens is 587 g/mol. The zero-order valence-electron chi connectivity index (χ0n) is 22.6. The van der Waals surface area contributed by atoms with E-state index in [1.54, 1.807) is 13.0 Å². The molecule has 0 spiro atoms. The van der Waals surface area contributed by atoms with Gasteiger partial charge in [-0.1, -0.05) is 17.7 Å². The zero-order chi connectivity index (χ0) is 31.4. The van der Waals surface area contributed by atoms with E-state index in [9.17, 15) is 50.5 Å². The summed E-state index contributed by atoms with van der Waals surface area (Å²) >= 11 is 0. The van der Waals surface area contributed by atoms with E-state index in [0.717, 1.165) is 5.57 Å². The number of aliphatic hydroxyl groups is 1. The first kappa shape index (κ1) is 30.7. The van der Waals surface area contributed by atoms with Crippen LogP contribution in [0.25, 0.3) is 6.08 Å². The molecule has 2 amide bonds. The van der Waals surface area contributed by atoms with Crippen molar-refractivity contribution in [2.24, 2.45) is 17.8 Å². The molecule has 43 heavy (non-hydrogen) atoms. The largest absolute Gasteiger partial charge is 0.505 e. The van der Waals surface area contributed by atoms with Gasteiger partial charge >= 0.3 is 12.4 Å². The molecule has 230 valence electrons. The molecule has 6 nitrogen and oxygen atoms in total. The monoisotopic (exact) mass is 613 g/mol. The number of aliphatic hydroxyl groups excluding tert-OH is 1. The van der Waals surface area contributed by atoms with Gasteiger partial charge in [0.05, 0.1) is 48.0 Å². The highest BCUT2D eigenvalue weighted by atomic mass is 19.4. The lowest BCUT2D eigenvalue weighted by molar-refractivity contribution is -0.143. The number of phenolic OH excluding ortho intramolecular Hbond substituents is 1. The van der Waals surface area contributed by atoms with Gasteiger partial charge in [-0.05, 0) is 73.2 Å². The van der Waals surface area contributed by atoms with E-state index in [1.807, 2.05) is 0 Å². The van der Waals surface area contributed by atoms with Crippen molar-refractivity contribution < 1.29 is 55.3 Å². The molecule has 1 aliphatic carbocycles. The number of benzene rings is 2. The van der Waals surface area contributed by atoms with Crippen molar-refractivity contribution in [3.8, 4) is 5.75 Å². The number of hydrogen-bond donors (Lipinski definition) is 2. The van der Waals surface area contributed by atoms with E-state index >= 15 is 0 Å². The van der Waals surface area contributed by atoms with Crippen LogP contribution in [-0.2, 0) is 26.7 Å². The molecular formula is C30H26F7NO5. The van der Waals surface area contributed by atoms with Gasteiger partial charge in [0.1, 0.15) is 0 Å². The zero-order valence-corrected chi connectivity index (χ0v) is 22.6. The number of halogens is 7. The van der Waals surface area contributed by atoms with Crippen LogP contribution < -0.4 is 4.90 Å². The molecule has 2 N–H and O–H groups in total. The molecule has 2 fully saturated rings. The molecule has 2 aromatic rings. The van der Waals surface area contributed by atoms with Gasteiger partial charge in [-0.25, -0.2) is 9.29 Å². The Kier molecular flexibility index (Phi) is 7.93. The van der Waals surface area contributed by atoms with E-state index in [4.69, 9.17) is 4.74 Å². The highest BCUT2D eigenvalue weighted by Gasteiger charge is 2.57. The van der Waals surface area contributed by atoms with Crippen molar-refractivity contribution in [2.75, 3.05) is 18.1 Å². The number of anilines is 1. The fraction of sp³-hybridized carbons (Fsp3) is 0.400. The topological polar surface area (TPSA) is 87.1 Å². The second-order valence-corrected chi connectivity index (χ2v) is 11.0. The minimum absolute atomic E-state index is 0.0279. The summed E-state index contributed by atoms with van der Waals surface area (Å²) in [4.78, 5) is 27.4. The van der Waals surface area contributed by atoms with Crippen molar-refractivity contribution in [2.45, 2.75) is 44.6 Å². The summed E-state index contributed by atoms with van der Waals surface area (Å²) in [6.07, 6.45) is -8.42. The molecule has 0 bridgehead atoms. The summed E-state index contributed by atoms with van der Waals surface area (Å²) in [5.41, 5.74) is -1.71. The molecule has 13 heteroatoms. The number of nitrogens with zero attached hydrogens (tertiary/aromatic N) is 1. The van der Waals surface area contributed by atoms with Gasteiger partial charge in [-0.15, -0.1) is 0 Å². The first-order valence-electron chi connectivity index (χ1n) is 13.4. The average molecular weight is 614 g/mol. The van der Waals surface area contributed by atoms with Crippen LogP contribution in [0.4, 0.5) is 36.4 Å². The Morgan fingerprint density at radius 2 is 1.65 bits per heavy atom. The Balaban J connectivity index is 1.40. The van der Waals surface area contributed by atoms with E-state index < -0.39 is 83.0 Å². The van der Waals surface area contributed by atoms with Crippen molar-refractivity contribution in [3.05, 3.63) is 75.6 Å². The van der Waals surface area contributed by atoms with Gasteiger partial charge < -0.3 is 14.9 Å². The lowest BCUT2D eigenvalue weighted by atomic mass is 9.69. The fourth-order valence-corrected chi connectivity index (χ4v) is 6.27. The SMILES string of the molecule is C/C(=C\c1ccc(O)c(F)c1)CC[C@H]1OC[C@H]2C1=C(CO)C[C@H]1C(=O)N(c3cc(C(F)(F)F)cc(C(F)(F)F)c3)C(=O)[C@H]12. The maximum Gasteiger partial charge on any atom is 0.416 e. The Labute approximate surface area is 241 Å². The lowest BCUT2D eigenvalue weighted by Gasteiger charge is -2.31.